The van der Waals surface area contributed by atoms with Crippen LogP contribution in [0.2, 0.25) is 0 Å². The van der Waals surface area contributed by atoms with Gasteiger partial charge in [-0.05, 0) is 56.5 Å². The van der Waals surface area contributed by atoms with E-state index in [1.807, 2.05) is 13.2 Å². The largest absolute Gasteiger partial charge is 0.375 e. The van der Waals surface area contributed by atoms with Gasteiger partial charge < -0.3 is 20.3 Å². The monoisotopic (exact) mass is 558 g/mol. The van der Waals surface area contributed by atoms with Crippen LogP contribution in [0.25, 0.3) is 0 Å². The predicted octanol–water partition coefficient (Wildman–Crippen LogP) is 3.49. The molecule has 0 radical (unpaired) electrons. The average molecular weight is 559 g/mol. The molecule has 0 aromatic carbocycles. The highest BCUT2D eigenvalue weighted by atomic mass is 127. The Hall–Kier alpha value is -1.13. The molecule has 3 heterocycles. The zero-order valence-electron chi connectivity index (χ0n) is 20.3. The van der Waals surface area contributed by atoms with Crippen LogP contribution < -0.4 is 15.5 Å². The van der Waals surface area contributed by atoms with E-state index in [2.05, 4.69) is 63.3 Å². The summed E-state index contributed by atoms with van der Waals surface area (Å²) in [6.07, 6.45) is 7.53. The lowest BCUT2D eigenvalue weighted by Gasteiger charge is -2.34. The van der Waals surface area contributed by atoms with E-state index >= 15 is 0 Å². The summed E-state index contributed by atoms with van der Waals surface area (Å²) in [4.78, 5) is 14.0. The Labute approximate surface area is 211 Å². The number of aromatic nitrogens is 1. The van der Waals surface area contributed by atoms with Crippen LogP contribution in [0.3, 0.4) is 0 Å². The minimum atomic E-state index is 0. The van der Waals surface area contributed by atoms with Gasteiger partial charge in [-0.25, -0.2) is 4.98 Å². The number of morpholine rings is 1. The summed E-state index contributed by atoms with van der Waals surface area (Å²) in [5, 5.41) is 7.06. The third-order valence-corrected chi connectivity index (χ3v) is 6.42. The van der Waals surface area contributed by atoms with Crippen molar-refractivity contribution in [2.75, 3.05) is 51.3 Å². The normalized spacial score (nSPS) is 21.6. The maximum Gasteiger partial charge on any atom is 0.191 e. The number of halogens is 1. The summed E-state index contributed by atoms with van der Waals surface area (Å²) in [6, 6.07) is 4.78. The van der Waals surface area contributed by atoms with Gasteiger partial charge in [0.1, 0.15) is 5.82 Å². The summed E-state index contributed by atoms with van der Waals surface area (Å²) in [5.41, 5.74) is 1.21. The smallest absolute Gasteiger partial charge is 0.191 e. The molecule has 182 valence electrons. The van der Waals surface area contributed by atoms with Gasteiger partial charge in [-0.1, -0.05) is 26.7 Å². The topological polar surface area (TPSA) is 65.0 Å². The number of ether oxygens (including phenoxy) is 1. The molecule has 2 unspecified atom stereocenters. The minimum Gasteiger partial charge on any atom is -0.375 e. The Morgan fingerprint density at radius 2 is 1.94 bits per heavy atom. The molecule has 2 N–H and O–H groups in total. The van der Waals surface area contributed by atoms with Gasteiger partial charge in [-0.3, -0.25) is 9.89 Å². The van der Waals surface area contributed by atoms with E-state index in [-0.39, 0.29) is 30.1 Å². The summed E-state index contributed by atoms with van der Waals surface area (Å²) in [6.45, 7) is 13.4. The van der Waals surface area contributed by atoms with Crippen LogP contribution in [0.4, 0.5) is 5.82 Å². The third-order valence-electron chi connectivity index (χ3n) is 6.42. The molecule has 1 aromatic rings. The molecular formula is C24H43IN6O. The number of nitrogens with zero attached hydrogens (tertiary/aromatic N) is 4. The molecule has 3 rings (SSSR count). The van der Waals surface area contributed by atoms with Crippen molar-refractivity contribution in [2.24, 2.45) is 10.9 Å². The number of pyridine rings is 1. The Balaban J connectivity index is 0.00000363. The summed E-state index contributed by atoms with van der Waals surface area (Å²) >= 11 is 0. The zero-order valence-corrected chi connectivity index (χ0v) is 22.7. The minimum absolute atomic E-state index is 0. The van der Waals surface area contributed by atoms with E-state index in [0.717, 1.165) is 44.6 Å². The van der Waals surface area contributed by atoms with Gasteiger partial charge in [0.2, 0.25) is 0 Å². The van der Waals surface area contributed by atoms with Gasteiger partial charge >= 0.3 is 0 Å². The van der Waals surface area contributed by atoms with Crippen molar-refractivity contribution < 1.29 is 4.74 Å². The van der Waals surface area contributed by atoms with Crippen molar-refractivity contribution in [2.45, 2.75) is 65.1 Å². The molecule has 1 aromatic heterocycles. The number of likely N-dealkylation sites (tertiary alicyclic amines) is 1. The fraction of sp³-hybridized carbons (Fsp3) is 0.750. The molecule has 2 aliphatic rings. The van der Waals surface area contributed by atoms with Gasteiger partial charge in [0.05, 0.1) is 12.7 Å². The number of anilines is 1. The first-order chi connectivity index (χ1) is 15.1. The standard InChI is InChI=1S/C24H42N6O.HI/c1-19(2)22(29-11-7-5-6-8-12-29)17-28-24(25-4)27-16-21-9-10-26-23(15-21)30-13-14-31-20(3)18-30;/h9-10,15,19-20,22H,5-8,11-14,16-18H2,1-4H3,(H2,25,27,28);1H. The van der Waals surface area contributed by atoms with Crippen LogP contribution >= 0.6 is 24.0 Å². The number of hydrogen-bond acceptors (Lipinski definition) is 5. The molecule has 2 saturated heterocycles. The first-order valence-corrected chi connectivity index (χ1v) is 12.1. The van der Waals surface area contributed by atoms with Crippen molar-refractivity contribution in [3.63, 3.8) is 0 Å². The molecular weight excluding hydrogens is 515 g/mol. The number of nitrogens with one attached hydrogen (secondary N) is 2. The molecule has 2 aliphatic heterocycles. The third kappa shape index (κ3) is 8.33. The second-order valence-electron chi connectivity index (χ2n) is 9.22. The van der Waals surface area contributed by atoms with Gasteiger partial charge in [0.25, 0.3) is 0 Å². The molecule has 2 fully saturated rings. The lowest BCUT2D eigenvalue weighted by molar-refractivity contribution is 0.0529. The van der Waals surface area contributed by atoms with Gasteiger partial charge in [0.15, 0.2) is 5.96 Å². The Bertz CT molecular complexity index is 693. The van der Waals surface area contributed by atoms with E-state index in [9.17, 15) is 0 Å². The van der Waals surface area contributed by atoms with E-state index < -0.39 is 0 Å². The molecule has 0 bridgehead atoms. The van der Waals surface area contributed by atoms with Crippen LogP contribution in [-0.2, 0) is 11.3 Å². The molecule has 7 nitrogen and oxygen atoms in total. The zero-order chi connectivity index (χ0) is 22.1. The molecule has 2 atom stereocenters. The number of guanidine groups is 1. The Morgan fingerprint density at radius 3 is 2.59 bits per heavy atom. The Morgan fingerprint density at radius 1 is 1.19 bits per heavy atom. The second kappa shape index (κ2) is 14.2. The molecule has 8 heteroatoms. The van der Waals surface area contributed by atoms with Crippen molar-refractivity contribution in [3.8, 4) is 0 Å². The number of aliphatic imine (C=N–C) groups is 1. The SMILES string of the molecule is CN=C(NCc1ccnc(N2CCOC(C)C2)c1)NCC(C(C)C)N1CCCCCC1.I. The van der Waals surface area contributed by atoms with E-state index in [4.69, 9.17) is 4.74 Å². The number of hydrogen-bond donors (Lipinski definition) is 2. The fourth-order valence-electron chi connectivity index (χ4n) is 4.59. The fourth-order valence-corrected chi connectivity index (χ4v) is 4.59. The van der Waals surface area contributed by atoms with Crippen molar-refractivity contribution in [1.82, 2.24) is 20.5 Å². The predicted molar refractivity (Wildman–Crippen MR) is 144 cm³/mol. The highest BCUT2D eigenvalue weighted by molar-refractivity contribution is 14.0. The van der Waals surface area contributed by atoms with Crippen molar-refractivity contribution in [3.05, 3.63) is 23.9 Å². The average Bonchev–Trinajstić information content (AvgIpc) is 3.05. The second-order valence-corrected chi connectivity index (χ2v) is 9.22. The van der Waals surface area contributed by atoms with Crippen LogP contribution in [0.1, 0.15) is 52.0 Å². The van der Waals surface area contributed by atoms with Crippen LogP contribution in [0.15, 0.2) is 23.3 Å². The summed E-state index contributed by atoms with van der Waals surface area (Å²) in [7, 11) is 1.85. The highest BCUT2D eigenvalue weighted by Crippen LogP contribution is 2.18. The first kappa shape index (κ1) is 27.1. The van der Waals surface area contributed by atoms with E-state index in [0.29, 0.717) is 12.0 Å². The Kier molecular flexibility index (Phi) is 12.0. The quantitative estimate of drug-likeness (QED) is 0.304. The first-order valence-electron chi connectivity index (χ1n) is 12.1. The van der Waals surface area contributed by atoms with E-state index in [1.54, 1.807) is 0 Å². The van der Waals surface area contributed by atoms with Crippen molar-refractivity contribution >= 4 is 35.8 Å². The summed E-state index contributed by atoms with van der Waals surface area (Å²) < 4.78 is 5.66. The molecule has 32 heavy (non-hydrogen) atoms. The maximum absolute atomic E-state index is 5.66. The van der Waals surface area contributed by atoms with Gasteiger partial charge in [-0.2, -0.15) is 0 Å². The lowest BCUT2D eigenvalue weighted by Crippen LogP contribution is -2.49. The maximum atomic E-state index is 5.66. The molecule has 0 aliphatic carbocycles. The van der Waals surface area contributed by atoms with Gasteiger partial charge in [0, 0.05) is 45.5 Å². The van der Waals surface area contributed by atoms with Crippen LogP contribution in [0, 0.1) is 5.92 Å². The summed E-state index contributed by atoms with van der Waals surface area (Å²) in [5.74, 6) is 2.50. The molecule has 0 saturated carbocycles. The van der Waals surface area contributed by atoms with Crippen LogP contribution in [0.5, 0.6) is 0 Å². The van der Waals surface area contributed by atoms with Crippen molar-refractivity contribution in [1.29, 1.82) is 0 Å². The molecule has 0 amide bonds. The highest BCUT2D eigenvalue weighted by Gasteiger charge is 2.23. The number of rotatable bonds is 7. The van der Waals surface area contributed by atoms with E-state index in [1.165, 1.54) is 44.3 Å². The molecule has 0 spiro atoms. The van der Waals surface area contributed by atoms with Gasteiger partial charge in [-0.15, -0.1) is 24.0 Å². The lowest BCUT2D eigenvalue weighted by atomic mass is 10.0. The van der Waals surface area contributed by atoms with Crippen LogP contribution in [-0.4, -0.2) is 74.4 Å².